The molecule has 1 heterocycles. The Morgan fingerprint density at radius 3 is 2.27 bits per heavy atom. The fourth-order valence-electron chi connectivity index (χ4n) is 3.72. The van der Waals surface area contributed by atoms with Gasteiger partial charge in [0.05, 0.1) is 6.61 Å². The molecule has 1 saturated heterocycles. The van der Waals surface area contributed by atoms with Gasteiger partial charge in [-0.2, -0.15) is 0 Å². The third kappa shape index (κ3) is 6.34. The topological polar surface area (TPSA) is 49.9 Å². The predicted molar refractivity (Wildman–Crippen MR) is 120 cm³/mol. The van der Waals surface area contributed by atoms with E-state index in [4.69, 9.17) is 4.74 Å². The highest BCUT2D eigenvalue weighted by molar-refractivity contribution is 5.94. The van der Waals surface area contributed by atoms with Gasteiger partial charge in [0.15, 0.2) is 5.78 Å². The molecule has 0 atom stereocenters. The second kappa shape index (κ2) is 10.8. The van der Waals surface area contributed by atoms with E-state index in [1.807, 2.05) is 7.05 Å². The van der Waals surface area contributed by atoms with Gasteiger partial charge in [0.25, 0.3) is 0 Å². The molecule has 160 valence electrons. The number of anilines is 1. The molecule has 0 bridgehead atoms. The first kappa shape index (κ1) is 21.9. The summed E-state index contributed by atoms with van der Waals surface area (Å²) in [6.45, 7) is 4.92. The Morgan fingerprint density at radius 1 is 0.967 bits per heavy atom. The van der Waals surface area contributed by atoms with Crippen molar-refractivity contribution >= 4 is 17.4 Å². The number of carbonyl (C=O) groups is 2. The zero-order valence-electron chi connectivity index (χ0n) is 18.1. The van der Waals surface area contributed by atoms with Gasteiger partial charge in [0.1, 0.15) is 5.75 Å². The number of carbonyl (C=O) groups excluding carboxylic acids is 2. The fraction of sp³-hybridized carbons (Fsp3) is 0.440. The lowest BCUT2D eigenvalue weighted by Crippen LogP contribution is -2.29. The molecule has 2 aromatic carbocycles. The molecule has 1 fully saturated rings. The second-order valence-corrected chi connectivity index (χ2v) is 8.00. The Kier molecular flexibility index (Phi) is 7.89. The van der Waals surface area contributed by atoms with Crippen molar-refractivity contribution in [2.75, 3.05) is 31.6 Å². The predicted octanol–water partition coefficient (Wildman–Crippen LogP) is 4.70. The number of hydrogen-bond donors (Lipinski definition) is 0. The van der Waals surface area contributed by atoms with Gasteiger partial charge in [-0.15, -0.1) is 0 Å². The highest BCUT2D eigenvalue weighted by atomic mass is 16.5. The van der Waals surface area contributed by atoms with Gasteiger partial charge in [0.2, 0.25) is 5.91 Å². The zero-order valence-corrected chi connectivity index (χ0v) is 18.1. The van der Waals surface area contributed by atoms with Gasteiger partial charge in [-0.3, -0.25) is 9.59 Å². The molecule has 0 spiro atoms. The maximum absolute atomic E-state index is 12.4. The van der Waals surface area contributed by atoms with Crippen molar-refractivity contribution in [3.8, 4) is 5.75 Å². The summed E-state index contributed by atoms with van der Waals surface area (Å²) in [6, 6.07) is 15.7. The lowest BCUT2D eigenvalue weighted by atomic mass is 10.1. The van der Waals surface area contributed by atoms with E-state index in [0.717, 1.165) is 24.4 Å². The number of amides is 1. The average molecular weight is 409 g/mol. The van der Waals surface area contributed by atoms with E-state index >= 15 is 0 Å². The normalized spacial score (nSPS) is 13.7. The molecule has 30 heavy (non-hydrogen) atoms. The quantitative estimate of drug-likeness (QED) is 0.446. The minimum Gasteiger partial charge on any atom is -0.494 e. The maximum Gasteiger partial charge on any atom is 0.222 e. The largest absolute Gasteiger partial charge is 0.494 e. The maximum atomic E-state index is 12.4. The number of rotatable bonds is 9. The number of ketones is 1. The second-order valence-electron chi connectivity index (χ2n) is 8.00. The molecule has 1 aliphatic heterocycles. The van der Waals surface area contributed by atoms with Crippen LogP contribution >= 0.6 is 0 Å². The number of Topliss-reactive ketones (excluding diaryl/α,β-unsaturated/α-hetero) is 1. The first-order valence-electron chi connectivity index (χ1n) is 10.8. The Morgan fingerprint density at radius 2 is 1.63 bits per heavy atom. The minimum absolute atomic E-state index is 0.0383. The van der Waals surface area contributed by atoms with E-state index in [1.54, 1.807) is 36.1 Å². The summed E-state index contributed by atoms with van der Waals surface area (Å²) in [6.07, 6.45) is 4.98. The monoisotopic (exact) mass is 408 g/mol. The molecule has 0 radical (unpaired) electrons. The van der Waals surface area contributed by atoms with Crippen molar-refractivity contribution in [2.45, 2.75) is 45.6 Å². The molecule has 5 nitrogen and oxygen atoms in total. The van der Waals surface area contributed by atoms with Gasteiger partial charge < -0.3 is 14.5 Å². The van der Waals surface area contributed by atoms with Crippen LogP contribution in [0, 0.1) is 0 Å². The Hall–Kier alpha value is -2.82. The summed E-state index contributed by atoms with van der Waals surface area (Å²) in [5.74, 6) is 0.872. The third-order valence-electron chi connectivity index (χ3n) is 5.57. The van der Waals surface area contributed by atoms with Crippen molar-refractivity contribution in [1.29, 1.82) is 0 Å². The summed E-state index contributed by atoms with van der Waals surface area (Å²) < 4.78 is 5.67. The van der Waals surface area contributed by atoms with E-state index < -0.39 is 0 Å². The van der Waals surface area contributed by atoms with Crippen LogP contribution in [0.2, 0.25) is 0 Å². The van der Waals surface area contributed by atoms with Gasteiger partial charge in [-0.1, -0.05) is 12.1 Å². The Labute approximate surface area is 179 Å². The summed E-state index contributed by atoms with van der Waals surface area (Å²) in [5.41, 5.74) is 3.09. The van der Waals surface area contributed by atoms with Gasteiger partial charge in [-0.25, -0.2) is 0 Å². The first-order valence-corrected chi connectivity index (χ1v) is 10.8. The van der Waals surface area contributed by atoms with Crippen LogP contribution < -0.4 is 9.64 Å². The number of nitrogens with zero attached hydrogens (tertiary/aromatic N) is 2. The molecule has 2 aromatic rings. The highest BCUT2D eigenvalue weighted by Crippen LogP contribution is 2.21. The van der Waals surface area contributed by atoms with Crippen LogP contribution in [0.4, 0.5) is 5.69 Å². The third-order valence-corrected chi connectivity index (χ3v) is 5.57. The van der Waals surface area contributed by atoms with E-state index in [2.05, 4.69) is 29.2 Å². The molecule has 1 amide bonds. The molecule has 3 rings (SSSR count). The van der Waals surface area contributed by atoms with Crippen LogP contribution in [0.3, 0.4) is 0 Å². The van der Waals surface area contributed by atoms with E-state index in [9.17, 15) is 9.59 Å². The number of piperidine rings is 1. The van der Waals surface area contributed by atoms with Crippen molar-refractivity contribution < 1.29 is 14.3 Å². The van der Waals surface area contributed by atoms with Gasteiger partial charge in [0, 0.05) is 44.4 Å². The van der Waals surface area contributed by atoms with Gasteiger partial charge >= 0.3 is 0 Å². The number of benzene rings is 2. The van der Waals surface area contributed by atoms with Gasteiger partial charge in [-0.05, 0) is 74.6 Å². The summed E-state index contributed by atoms with van der Waals surface area (Å²) >= 11 is 0. The molecule has 1 aliphatic rings. The van der Waals surface area contributed by atoms with Crippen molar-refractivity contribution in [1.82, 2.24) is 4.90 Å². The van der Waals surface area contributed by atoms with Crippen LogP contribution in [0.25, 0.3) is 0 Å². The Balaban J connectivity index is 1.38. The van der Waals surface area contributed by atoms with E-state index in [-0.39, 0.29) is 11.7 Å². The van der Waals surface area contributed by atoms with E-state index in [1.165, 1.54) is 24.9 Å². The average Bonchev–Trinajstić information content (AvgIpc) is 2.78. The van der Waals surface area contributed by atoms with Crippen molar-refractivity contribution in [2.24, 2.45) is 0 Å². The standard InChI is InChI=1S/C25H32N2O3/c1-20(28)22-10-14-24(15-11-22)30-18-6-7-25(29)26(2)19-21-8-12-23(13-9-21)27-16-4-3-5-17-27/h8-15H,3-7,16-19H2,1-2H3. The molecular formula is C25H32N2O3. The molecule has 0 aromatic heterocycles. The number of ether oxygens (including phenoxy) is 1. The minimum atomic E-state index is 0.0383. The van der Waals surface area contributed by atoms with Crippen LogP contribution in [-0.4, -0.2) is 43.3 Å². The smallest absolute Gasteiger partial charge is 0.222 e. The van der Waals surface area contributed by atoms with Crippen LogP contribution in [-0.2, 0) is 11.3 Å². The lowest BCUT2D eigenvalue weighted by Gasteiger charge is -2.29. The number of hydrogen-bond acceptors (Lipinski definition) is 4. The first-order chi connectivity index (χ1) is 14.5. The highest BCUT2D eigenvalue weighted by Gasteiger charge is 2.12. The van der Waals surface area contributed by atoms with Crippen molar-refractivity contribution in [3.63, 3.8) is 0 Å². The van der Waals surface area contributed by atoms with Crippen LogP contribution in [0.1, 0.15) is 54.9 Å². The van der Waals surface area contributed by atoms with E-state index in [0.29, 0.717) is 31.6 Å². The molecular weight excluding hydrogens is 376 g/mol. The Bertz CT molecular complexity index is 824. The molecule has 5 heteroatoms. The fourth-order valence-corrected chi connectivity index (χ4v) is 3.72. The molecule has 0 unspecified atom stereocenters. The van der Waals surface area contributed by atoms with Crippen LogP contribution in [0.15, 0.2) is 48.5 Å². The van der Waals surface area contributed by atoms with Crippen LogP contribution in [0.5, 0.6) is 5.75 Å². The lowest BCUT2D eigenvalue weighted by molar-refractivity contribution is -0.130. The molecule has 0 N–H and O–H groups in total. The summed E-state index contributed by atoms with van der Waals surface area (Å²) in [4.78, 5) is 27.9. The summed E-state index contributed by atoms with van der Waals surface area (Å²) in [5, 5.41) is 0. The SMILES string of the molecule is CC(=O)c1ccc(OCCCC(=O)N(C)Cc2ccc(N3CCCCC3)cc2)cc1. The zero-order chi connectivity index (χ0) is 21.3. The summed E-state index contributed by atoms with van der Waals surface area (Å²) in [7, 11) is 1.85. The molecule has 0 saturated carbocycles. The molecule has 0 aliphatic carbocycles. The van der Waals surface area contributed by atoms with Crippen molar-refractivity contribution in [3.05, 3.63) is 59.7 Å².